The first-order chi connectivity index (χ1) is 10.7. The van der Waals surface area contributed by atoms with Gasteiger partial charge < -0.3 is 14.8 Å². The second-order valence-corrected chi connectivity index (χ2v) is 5.51. The summed E-state index contributed by atoms with van der Waals surface area (Å²) in [6.45, 7) is 4.48. The topological polar surface area (TPSA) is 30.5 Å². The molecule has 0 aliphatic rings. The molecule has 3 nitrogen and oxygen atoms in total. The highest BCUT2D eigenvalue weighted by Gasteiger charge is 2.18. The monoisotopic (exact) mass is 299 g/mol. The van der Waals surface area contributed by atoms with Crippen LogP contribution in [0.1, 0.15) is 31.9 Å². The third-order valence-corrected chi connectivity index (χ3v) is 4.08. The van der Waals surface area contributed by atoms with E-state index in [9.17, 15) is 0 Å². The maximum absolute atomic E-state index is 5.35. The number of benzene rings is 2. The molecule has 1 N–H and O–H groups in total. The Morgan fingerprint density at radius 2 is 1.64 bits per heavy atom. The van der Waals surface area contributed by atoms with E-state index in [4.69, 9.17) is 9.47 Å². The molecule has 2 aromatic carbocycles. The van der Waals surface area contributed by atoms with Gasteiger partial charge in [0.15, 0.2) is 0 Å². The van der Waals surface area contributed by atoms with E-state index in [0.717, 1.165) is 23.6 Å². The summed E-state index contributed by atoms with van der Waals surface area (Å²) in [5.74, 6) is 2.27. The fraction of sp³-hybridized carbons (Fsp3) is 0.368. The van der Waals surface area contributed by atoms with Crippen LogP contribution in [0, 0.1) is 5.92 Å². The van der Waals surface area contributed by atoms with Gasteiger partial charge in [0.25, 0.3) is 0 Å². The summed E-state index contributed by atoms with van der Waals surface area (Å²) in [4.78, 5) is 0. The summed E-state index contributed by atoms with van der Waals surface area (Å²) < 4.78 is 10.6. The Morgan fingerprint density at radius 3 is 2.23 bits per heavy atom. The Kier molecular flexibility index (Phi) is 5.70. The second kappa shape index (κ2) is 7.74. The summed E-state index contributed by atoms with van der Waals surface area (Å²) in [7, 11) is 3.38. The highest BCUT2D eigenvalue weighted by Crippen LogP contribution is 2.31. The van der Waals surface area contributed by atoms with E-state index < -0.39 is 0 Å². The van der Waals surface area contributed by atoms with Crippen LogP contribution >= 0.6 is 0 Å². The van der Waals surface area contributed by atoms with Gasteiger partial charge in [-0.3, -0.25) is 0 Å². The summed E-state index contributed by atoms with van der Waals surface area (Å²) in [5, 5.41) is 3.64. The average molecular weight is 299 g/mol. The molecule has 0 saturated heterocycles. The molecule has 22 heavy (non-hydrogen) atoms. The number of ether oxygens (including phenoxy) is 2. The molecule has 0 bridgehead atoms. The van der Waals surface area contributed by atoms with E-state index >= 15 is 0 Å². The van der Waals surface area contributed by atoms with Crippen molar-refractivity contribution in [3.63, 3.8) is 0 Å². The first-order valence-corrected chi connectivity index (χ1v) is 7.72. The van der Waals surface area contributed by atoms with E-state index in [1.165, 1.54) is 5.56 Å². The molecular weight excluding hydrogens is 274 g/mol. The van der Waals surface area contributed by atoms with Crippen molar-refractivity contribution in [3.05, 3.63) is 54.1 Å². The average Bonchev–Trinajstić information content (AvgIpc) is 2.59. The van der Waals surface area contributed by atoms with E-state index in [2.05, 4.69) is 31.3 Å². The predicted molar refractivity (Wildman–Crippen MR) is 91.8 cm³/mol. The third kappa shape index (κ3) is 3.94. The molecule has 0 aliphatic carbocycles. The lowest BCUT2D eigenvalue weighted by molar-refractivity contribution is 0.412. The maximum atomic E-state index is 5.35. The van der Waals surface area contributed by atoms with Gasteiger partial charge in [0.2, 0.25) is 0 Å². The summed E-state index contributed by atoms with van der Waals surface area (Å²) in [6, 6.07) is 16.6. The van der Waals surface area contributed by atoms with Crippen LogP contribution in [0.25, 0.3) is 0 Å². The van der Waals surface area contributed by atoms with Crippen LogP contribution in [-0.4, -0.2) is 14.2 Å². The molecule has 0 saturated carbocycles. The molecule has 0 aliphatic heterocycles. The highest BCUT2D eigenvalue weighted by molar-refractivity contribution is 5.49. The first-order valence-electron chi connectivity index (χ1n) is 7.72. The SMILES string of the molecule is CCC(C)C(Nc1ccc(OC)cc1)c1cccc(OC)c1. The van der Waals surface area contributed by atoms with E-state index in [1.54, 1.807) is 14.2 Å². The second-order valence-electron chi connectivity index (χ2n) is 5.51. The molecular formula is C19H25NO2. The van der Waals surface area contributed by atoms with Crippen molar-refractivity contribution in [1.82, 2.24) is 0 Å². The van der Waals surface area contributed by atoms with Gasteiger partial charge in [-0.05, 0) is 47.9 Å². The van der Waals surface area contributed by atoms with Crippen molar-refractivity contribution in [3.8, 4) is 11.5 Å². The van der Waals surface area contributed by atoms with Crippen LogP contribution < -0.4 is 14.8 Å². The smallest absolute Gasteiger partial charge is 0.119 e. The van der Waals surface area contributed by atoms with Crippen LogP contribution in [0.2, 0.25) is 0 Å². The number of methoxy groups -OCH3 is 2. The Bertz CT molecular complexity index is 580. The van der Waals surface area contributed by atoms with Crippen molar-refractivity contribution >= 4 is 5.69 Å². The highest BCUT2D eigenvalue weighted by atomic mass is 16.5. The molecule has 0 aromatic heterocycles. The quantitative estimate of drug-likeness (QED) is 0.788. The molecule has 2 unspecified atom stereocenters. The minimum atomic E-state index is 0.244. The van der Waals surface area contributed by atoms with Gasteiger partial charge in [-0.15, -0.1) is 0 Å². The molecule has 118 valence electrons. The summed E-state index contributed by atoms with van der Waals surface area (Å²) in [6.07, 6.45) is 1.10. The molecule has 0 fully saturated rings. The minimum absolute atomic E-state index is 0.244. The number of anilines is 1. The Morgan fingerprint density at radius 1 is 0.955 bits per heavy atom. The molecule has 0 heterocycles. The zero-order chi connectivity index (χ0) is 15.9. The minimum Gasteiger partial charge on any atom is -0.497 e. The van der Waals surface area contributed by atoms with Crippen LogP contribution in [0.5, 0.6) is 11.5 Å². The molecule has 0 radical (unpaired) electrons. The zero-order valence-electron chi connectivity index (χ0n) is 13.8. The normalized spacial score (nSPS) is 13.3. The van der Waals surface area contributed by atoms with Crippen molar-refractivity contribution in [1.29, 1.82) is 0 Å². The van der Waals surface area contributed by atoms with Crippen LogP contribution in [-0.2, 0) is 0 Å². The molecule has 3 heteroatoms. The lowest BCUT2D eigenvalue weighted by Gasteiger charge is -2.26. The molecule has 2 aromatic rings. The summed E-state index contributed by atoms with van der Waals surface area (Å²) >= 11 is 0. The molecule has 2 rings (SSSR count). The molecule has 2 atom stereocenters. The Hall–Kier alpha value is -2.16. The van der Waals surface area contributed by atoms with E-state index in [-0.39, 0.29) is 6.04 Å². The van der Waals surface area contributed by atoms with Gasteiger partial charge in [-0.25, -0.2) is 0 Å². The number of rotatable bonds is 7. The Balaban J connectivity index is 2.25. The largest absolute Gasteiger partial charge is 0.497 e. The van der Waals surface area contributed by atoms with E-state index in [1.807, 2.05) is 36.4 Å². The van der Waals surface area contributed by atoms with Gasteiger partial charge in [0.1, 0.15) is 11.5 Å². The first kappa shape index (κ1) is 16.2. The number of hydrogen-bond donors (Lipinski definition) is 1. The summed E-state index contributed by atoms with van der Waals surface area (Å²) in [5.41, 5.74) is 2.33. The van der Waals surface area contributed by atoms with Crippen LogP contribution in [0.15, 0.2) is 48.5 Å². The van der Waals surface area contributed by atoms with Gasteiger partial charge in [0, 0.05) is 5.69 Å². The molecule has 0 spiro atoms. The zero-order valence-corrected chi connectivity index (χ0v) is 13.8. The number of hydrogen-bond acceptors (Lipinski definition) is 3. The predicted octanol–water partition coefficient (Wildman–Crippen LogP) is 4.90. The Labute approximate surface area is 133 Å². The maximum Gasteiger partial charge on any atom is 0.119 e. The van der Waals surface area contributed by atoms with Crippen molar-refractivity contribution < 1.29 is 9.47 Å². The molecule has 0 amide bonds. The van der Waals surface area contributed by atoms with Crippen LogP contribution in [0.4, 0.5) is 5.69 Å². The van der Waals surface area contributed by atoms with Gasteiger partial charge in [-0.1, -0.05) is 32.4 Å². The third-order valence-electron chi connectivity index (χ3n) is 4.08. The standard InChI is InChI=1S/C19H25NO2/c1-5-14(2)19(15-7-6-8-18(13-15)22-4)20-16-9-11-17(21-3)12-10-16/h6-14,19-20H,5H2,1-4H3. The van der Waals surface area contributed by atoms with Gasteiger partial charge in [-0.2, -0.15) is 0 Å². The van der Waals surface area contributed by atoms with Crippen LogP contribution in [0.3, 0.4) is 0 Å². The van der Waals surface area contributed by atoms with Crippen molar-refractivity contribution in [2.75, 3.05) is 19.5 Å². The fourth-order valence-corrected chi connectivity index (χ4v) is 2.49. The van der Waals surface area contributed by atoms with Gasteiger partial charge >= 0.3 is 0 Å². The number of nitrogens with one attached hydrogen (secondary N) is 1. The lowest BCUT2D eigenvalue weighted by atomic mass is 9.92. The van der Waals surface area contributed by atoms with E-state index in [0.29, 0.717) is 5.92 Å². The lowest BCUT2D eigenvalue weighted by Crippen LogP contribution is -2.18. The van der Waals surface area contributed by atoms with Crippen molar-refractivity contribution in [2.24, 2.45) is 5.92 Å². The fourth-order valence-electron chi connectivity index (χ4n) is 2.49. The van der Waals surface area contributed by atoms with Gasteiger partial charge in [0.05, 0.1) is 20.3 Å². The van der Waals surface area contributed by atoms with Crippen molar-refractivity contribution in [2.45, 2.75) is 26.3 Å².